The van der Waals surface area contributed by atoms with Gasteiger partial charge in [-0.25, -0.2) is 0 Å². The zero-order valence-electron chi connectivity index (χ0n) is 18.9. The number of carbonyl (C=O) groups is 1. The van der Waals surface area contributed by atoms with E-state index in [4.69, 9.17) is 15.2 Å². The van der Waals surface area contributed by atoms with Crippen LogP contribution in [0.1, 0.15) is 63.0 Å². The Labute approximate surface area is 180 Å². The van der Waals surface area contributed by atoms with Crippen molar-refractivity contribution in [2.75, 3.05) is 5.73 Å². The van der Waals surface area contributed by atoms with Gasteiger partial charge in [0.25, 0.3) is 0 Å². The number of anilines is 1. The Morgan fingerprint density at radius 1 is 0.967 bits per heavy atom. The minimum Gasteiger partial charge on any atom is -0.487 e. The highest BCUT2D eigenvalue weighted by Gasteiger charge is 2.22. The first kappa shape index (κ1) is 23.3. The van der Waals surface area contributed by atoms with E-state index < -0.39 is 11.2 Å². The van der Waals surface area contributed by atoms with Crippen LogP contribution in [-0.2, 0) is 6.42 Å². The highest BCUT2D eigenvalue weighted by molar-refractivity contribution is 6.07. The van der Waals surface area contributed by atoms with Gasteiger partial charge in [0.1, 0.15) is 22.7 Å². The fourth-order valence-corrected chi connectivity index (χ4v) is 2.85. The number of hydrogen-bond acceptors (Lipinski definition) is 4. The summed E-state index contributed by atoms with van der Waals surface area (Å²) in [6.07, 6.45) is 5.80. The molecule has 0 heterocycles. The number of allylic oxidation sites excluding steroid dienone is 2. The van der Waals surface area contributed by atoms with E-state index in [0.29, 0.717) is 29.2 Å². The van der Waals surface area contributed by atoms with Gasteiger partial charge in [-0.3, -0.25) is 4.79 Å². The lowest BCUT2D eigenvalue weighted by molar-refractivity contribution is 0.104. The number of nitrogen functional groups attached to an aromatic ring is 1. The molecule has 4 nitrogen and oxygen atoms in total. The summed E-state index contributed by atoms with van der Waals surface area (Å²) >= 11 is 0. The minimum atomic E-state index is -0.417. The highest BCUT2D eigenvalue weighted by atomic mass is 16.5. The number of ether oxygens (including phenoxy) is 2. The molecule has 0 aromatic heterocycles. The number of carbonyl (C=O) groups excluding carboxylic acids is 1. The van der Waals surface area contributed by atoms with Gasteiger partial charge < -0.3 is 15.2 Å². The first-order chi connectivity index (χ1) is 13.9. The molecule has 0 spiro atoms. The van der Waals surface area contributed by atoms with Crippen molar-refractivity contribution in [3.63, 3.8) is 0 Å². The third-order valence-electron chi connectivity index (χ3n) is 4.02. The Bertz CT molecular complexity index is 926. The summed E-state index contributed by atoms with van der Waals surface area (Å²) in [5, 5.41) is 0. The molecule has 0 radical (unpaired) electrons. The van der Waals surface area contributed by atoms with Crippen molar-refractivity contribution in [2.45, 2.75) is 59.2 Å². The topological polar surface area (TPSA) is 61.5 Å². The summed E-state index contributed by atoms with van der Waals surface area (Å²) in [4.78, 5) is 12.7. The summed E-state index contributed by atoms with van der Waals surface area (Å²) in [5.74, 6) is 1.24. The lowest BCUT2D eigenvalue weighted by atomic mass is 10.0. The third kappa shape index (κ3) is 6.80. The van der Waals surface area contributed by atoms with Gasteiger partial charge in [-0.05, 0) is 96.0 Å². The van der Waals surface area contributed by atoms with Crippen LogP contribution < -0.4 is 15.2 Å². The van der Waals surface area contributed by atoms with E-state index in [9.17, 15) is 4.79 Å². The molecule has 4 heteroatoms. The number of nitrogens with two attached hydrogens (primary N) is 1. The van der Waals surface area contributed by atoms with Crippen molar-refractivity contribution < 1.29 is 14.3 Å². The van der Waals surface area contributed by atoms with E-state index in [2.05, 4.69) is 6.58 Å². The van der Waals surface area contributed by atoms with Gasteiger partial charge in [0.2, 0.25) is 0 Å². The fraction of sp³-hybridized carbons (Fsp3) is 0.346. The van der Waals surface area contributed by atoms with E-state index in [1.54, 1.807) is 36.4 Å². The van der Waals surface area contributed by atoms with E-state index in [1.807, 2.05) is 59.8 Å². The Kier molecular flexibility index (Phi) is 7.14. The average molecular weight is 408 g/mol. The monoisotopic (exact) mass is 407 g/mol. The SMILES string of the molecule is C=CCc1ccc(OC(C)(C)C)c(/C=C/C(=O)c2ccc(N)cc2)c1OC(C)(C)C. The average Bonchev–Trinajstić information content (AvgIpc) is 2.61. The second-order valence-electron chi connectivity index (χ2n) is 9.21. The van der Waals surface area contributed by atoms with Crippen LogP contribution in [-0.4, -0.2) is 17.0 Å². The largest absolute Gasteiger partial charge is 0.487 e. The second kappa shape index (κ2) is 9.21. The lowest BCUT2D eigenvalue weighted by Crippen LogP contribution is -2.26. The van der Waals surface area contributed by atoms with Crippen LogP contribution in [0, 0.1) is 0 Å². The molecule has 2 N–H and O–H groups in total. The smallest absolute Gasteiger partial charge is 0.185 e. The molecule has 0 aliphatic heterocycles. The highest BCUT2D eigenvalue weighted by Crippen LogP contribution is 2.38. The molecular formula is C26H33NO3. The van der Waals surface area contributed by atoms with Crippen molar-refractivity contribution in [2.24, 2.45) is 0 Å². The van der Waals surface area contributed by atoms with Gasteiger partial charge in [0.05, 0.1) is 5.56 Å². The molecule has 30 heavy (non-hydrogen) atoms. The van der Waals surface area contributed by atoms with E-state index in [-0.39, 0.29) is 5.78 Å². The van der Waals surface area contributed by atoms with Crippen LogP contribution in [0.3, 0.4) is 0 Å². The normalized spacial score (nSPS) is 12.1. The van der Waals surface area contributed by atoms with Crippen molar-refractivity contribution in [1.29, 1.82) is 0 Å². The number of rotatable bonds is 7. The maximum atomic E-state index is 12.7. The molecular weight excluding hydrogens is 374 g/mol. The first-order valence-corrected chi connectivity index (χ1v) is 10.1. The number of hydrogen-bond donors (Lipinski definition) is 1. The molecule has 0 saturated heterocycles. The van der Waals surface area contributed by atoms with Gasteiger partial charge in [-0.1, -0.05) is 12.1 Å². The molecule has 0 aliphatic rings. The van der Waals surface area contributed by atoms with Crippen LogP contribution in [0.15, 0.2) is 55.1 Å². The van der Waals surface area contributed by atoms with E-state index >= 15 is 0 Å². The van der Waals surface area contributed by atoms with Gasteiger partial charge >= 0.3 is 0 Å². The van der Waals surface area contributed by atoms with Crippen LogP contribution in [0.2, 0.25) is 0 Å². The maximum Gasteiger partial charge on any atom is 0.185 e. The van der Waals surface area contributed by atoms with Crippen LogP contribution in [0.5, 0.6) is 11.5 Å². The maximum absolute atomic E-state index is 12.7. The predicted molar refractivity (Wildman–Crippen MR) is 125 cm³/mol. The van der Waals surface area contributed by atoms with Gasteiger partial charge in [-0.15, -0.1) is 6.58 Å². The minimum absolute atomic E-state index is 0.118. The fourth-order valence-electron chi connectivity index (χ4n) is 2.85. The molecule has 0 atom stereocenters. The summed E-state index contributed by atoms with van der Waals surface area (Å²) < 4.78 is 12.5. The zero-order chi connectivity index (χ0) is 22.5. The Morgan fingerprint density at radius 2 is 1.57 bits per heavy atom. The number of benzene rings is 2. The summed E-state index contributed by atoms with van der Waals surface area (Å²) in [6.45, 7) is 15.8. The number of ketones is 1. The molecule has 0 fully saturated rings. The molecule has 160 valence electrons. The standard InChI is InChI=1S/C26H33NO3/c1-8-9-19-12-17-23(29-25(2,3)4)21(24(19)30-26(5,6)7)15-16-22(28)18-10-13-20(27)14-11-18/h8,10-17H,1,9,27H2,2-7H3/b16-15+. The molecule has 0 amide bonds. The Hall–Kier alpha value is -3.01. The van der Waals surface area contributed by atoms with Crippen molar-refractivity contribution in [3.8, 4) is 11.5 Å². The second-order valence-corrected chi connectivity index (χ2v) is 9.21. The Morgan fingerprint density at radius 3 is 2.10 bits per heavy atom. The molecule has 2 aromatic carbocycles. The summed E-state index contributed by atoms with van der Waals surface area (Å²) in [7, 11) is 0. The molecule has 0 saturated carbocycles. The summed E-state index contributed by atoms with van der Waals surface area (Å²) in [5.41, 5.74) is 7.82. The molecule has 0 unspecified atom stereocenters. The third-order valence-corrected chi connectivity index (χ3v) is 4.02. The van der Waals surface area contributed by atoms with Gasteiger partial charge in [-0.2, -0.15) is 0 Å². The van der Waals surface area contributed by atoms with Crippen molar-refractivity contribution in [1.82, 2.24) is 0 Å². The Balaban J connectivity index is 2.58. The van der Waals surface area contributed by atoms with Crippen molar-refractivity contribution in [3.05, 3.63) is 71.8 Å². The zero-order valence-corrected chi connectivity index (χ0v) is 18.9. The van der Waals surface area contributed by atoms with Gasteiger partial charge in [0.15, 0.2) is 5.78 Å². The van der Waals surface area contributed by atoms with E-state index in [1.165, 1.54) is 0 Å². The molecule has 2 rings (SSSR count). The van der Waals surface area contributed by atoms with Crippen LogP contribution in [0.25, 0.3) is 6.08 Å². The first-order valence-electron chi connectivity index (χ1n) is 10.1. The quantitative estimate of drug-likeness (QED) is 0.255. The van der Waals surface area contributed by atoms with Crippen LogP contribution >= 0.6 is 0 Å². The van der Waals surface area contributed by atoms with Crippen molar-refractivity contribution >= 4 is 17.5 Å². The lowest BCUT2D eigenvalue weighted by Gasteiger charge is -2.28. The summed E-state index contributed by atoms with van der Waals surface area (Å²) in [6, 6.07) is 10.8. The molecule has 0 bridgehead atoms. The van der Waals surface area contributed by atoms with Gasteiger partial charge in [0, 0.05) is 11.3 Å². The van der Waals surface area contributed by atoms with Crippen LogP contribution in [0.4, 0.5) is 5.69 Å². The molecule has 0 aliphatic carbocycles. The predicted octanol–water partition coefficient (Wildman–Crippen LogP) is 6.25. The van der Waals surface area contributed by atoms with E-state index in [0.717, 1.165) is 11.1 Å². The molecule has 2 aromatic rings.